The van der Waals surface area contributed by atoms with Crippen LogP contribution >= 0.6 is 11.8 Å². The Morgan fingerprint density at radius 2 is 1.71 bits per heavy atom. The van der Waals surface area contributed by atoms with Crippen LogP contribution in [0.1, 0.15) is 18.1 Å². The Kier molecular flexibility index (Phi) is 5.97. The predicted octanol–water partition coefficient (Wildman–Crippen LogP) is 3.58. The van der Waals surface area contributed by atoms with E-state index in [9.17, 15) is 14.9 Å². The Morgan fingerprint density at radius 1 is 1.14 bits per heavy atom. The topological polar surface area (TPSA) is 73.2 Å². The van der Waals surface area contributed by atoms with Crippen LogP contribution in [0.4, 0.5) is 0 Å². The molecule has 140 valence electrons. The SMILES string of the molecule is C=CN(CCNC(=O)C(C#N)=C1c2ccccc2Sc2ccccc21)C(C)=O. The second-order valence-corrected chi connectivity index (χ2v) is 7.19. The number of nitrogens with zero attached hydrogens (tertiary/aromatic N) is 2. The van der Waals surface area contributed by atoms with Gasteiger partial charge >= 0.3 is 0 Å². The molecule has 1 aliphatic heterocycles. The standard InChI is InChI=1S/C22H19N3O2S/c1-3-25(15(2)26)13-12-24-22(27)18(14-23)21-16-8-4-6-10-19(16)28-20-11-7-5-9-17(20)21/h3-11H,1,12-13H2,2H3,(H,24,27). The molecule has 1 N–H and O–H groups in total. The van der Waals surface area contributed by atoms with Gasteiger partial charge in [-0.1, -0.05) is 54.7 Å². The fraction of sp³-hybridized carbons (Fsp3) is 0.136. The molecular weight excluding hydrogens is 370 g/mol. The highest BCUT2D eigenvalue weighted by Crippen LogP contribution is 2.46. The van der Waals surface area contributed by atoms with Crippen LogP contribution in [0.2, 0.25) is 0 Å². The van der Waals surface area contributed by atoms with Crippen molar-refractivity contribution < 1.29 is 9.59 Å². The molecule has 1 heterocycles. The number of rotatable bonds is 5. The minimum atomic E-state index is -0.457. The minimum absolute atomic E-state index is 0.0631. The molecule has 2 aromatic carbocycles. The zero-order chi connectivity index (χ0) is 20.1. The number of benzene rings is 2. The number of nitriles is 1. The van der Waals surface area contributed by atoms with E-state index in [0.717, 1.165) is 20.9 Å². The lowest BCUT2D eigenvalue weighted by Crippen LogP contribution is -2.35. The van der Waals surface area contributed by atoms with E-state index in [-0.39, 0.29) is 18.0 Å². The van der Waals surface area contributed by atoms with Gasteiger partial charge in [-0.2, -0.15) is 5.26 Å². The van der Waals surface area contributed by atoms with Crippen LogP contribution in [-0.2, 0) is 9.59 Å². The summed E-state index contributed by atoms with van der Waals surface area (Å²) in [5.74, 6) is -0.614. The summed E-state index contributed by atoms with van der Waals surface area (Å²) in [5, 5.41) is 12.5. The number of amides is 2. The summed E-state index contributed by atoms with van der Waals surface area (Å²) < 4.78 is 0. The van der Waals surface area contributed by atoms with E-state index in [0.29, 0.717) is 12.1 Å². The van der Waals surface area contributed by atoms with Crippen molar-refractivity contribution in [2.45, 2.75) is 16.7 Å². The molecule has 0 saturated carbocycles. The Morgan fingerprint density at radius 3 is 2.21 bits per heavy atom. The molecule has 0 aromatic heterocycles. The van der Waals surface area contributed by atoms with E-state index in [1.165, 1.54) is 18.0 Å². The highest BCUT2D eigenvalue weighted by atomic mass is 32.2. The van der Waals surface area contributed by atoms with Crippen molar-refractivity contribution >= 4 is 29.1 Å². The summed E-state index contributed by atoms with van der Waals surface area (Å²) in [5.41, 5.74) is 2.44. The first-order valence-corrected chi connectivity index (χ1v) is 9.57. The maximum absolute atomic E-state index is 12.8. The van der Waals surface area contributed by atoms with Gasteiger partial charge in [-0.15, -0.1) is 0 Å². The van der Waals surface area contributed by atoms with E-state index in [4.69, 9.17) is 0 Å². The van der Waals surface area contributed by atoms with E-state index < -0.39 is 5.91 Å². The van der Waals surface area contributed by atoms with Gasteiger partial charge < -0.3 is 10.2 Å². The third-order valence-electron chi connectivity index (χ3n) is 4.38. The monoisotopic (exact) mass is 389 g/mol. The van der Waals surface area contributed by atoms with Crippen molar-refractivity contribution in [3.05, 3.63) is 78.0 Å². The Labute approximate surface area is 168 Å². The van der Waals surface area contributed by atoms with Crippen LogP contribution in [0.25, 0.3) is 5.57 Å². The summed E-state index contributed by atoms with van der Waals surface area (Å²) in [7, 11) is 0. The van der Waals surface area contributed by atoms with Gasteiger partial charge in [0.1, 0.15) is 11.6 Å². The van der Waals surface area contributed by atoms with Gasteiger partial charge in [0.2, 0.25) is 5.91 Å². The summed E-state index contributed by atoms with van der Waals surface area (Å²) in [4.78, 5) is 27.7. The van der Waals surface area contributed by atoms with E-state index >= 15 is 0 Å². The molecule has 0 bridgehead atoms. The van der Waals surface area contributed by atoms with Crippen molar-refractivity contribution in [2.24, 2.45) is 0 Å². The molecule has 1 aliphatic rings. The molecule has 0 fully saturated rings. The molecule has 0 radical (unpaired) electrons. The van der Waals surface area contributed by atoms with Crippen LogP contribution in [0.15, 0.2) is 76.7 Å². The maximum atomic E-state index is 12.8. The average molecular weight is 389 g/mol. The lowest BCUT2D eigenvalue weighted by atomic mass is 9.92. The molecule has 28 heavy (non-hydrogen) atoms. The van der Waals surface area contributed by atoms with E-state index in [2.05, 4.69) is 18.0 Å². The number of nitrogens with one attached hydrogen (secondary N) is 1. The smallest absolute Gasteiger partial charge is 0.262 e. The van der Waals surface area contributed by atoms with Crippen LogP contribution in [0, 0.1) is 11.3 Å². The predicted molar refractivity (Wildman–Crippen MR) is 109 cm³/mol. The first kappa shape index (κ1) is 19.5. The fourth-order valence-corrected chi connectivity index (χ4v) is 4.12. The van der Waals surface area contributed by atoms with Crippen LogP contribution in [0.3, 0.4) is 0 Å². The third-order valence-corrected chi connectivity index (χ3v) is 5.54. The van der Waals surface area contributed by atoms with Crippen molar-refractivity contribution in [1.29, 1.82) is 5.26 Å². The van der Waals surface area contributed by atoms with Crippen LogP contribution in [0.5, 0.6) is 0 Å². The zero-order valence-corrected chi connectivity index (χ0v) is 16.3. The summed E-state index contributed by atoms with van der Waals surface area (Å²) >= 11 is 1.62. The molecule has 0 aliphatic carbocycles. The molecule has 5 nitrogen and oxygen atoms in total. The Bertz CT molecular complexity index is 973. The van der Waals surface area contributed by atoms with Gasteiger partial charge in [0, 0.05) is 35.4 Å². The van der Waals surface area contributed by atoms with Gasteiger partial charge in [-0.05, 0) is 29.5 Å². The van der Waals surface area contributed by atoms with Gasteiger partial charge in [-0.25, -0.2) is 0 Å². The second-order valence-electron chi connectivity index (χ2n) is 6.11. The molecule has 2 aromatic rings. The molecule has 0 atom stereocenters. The normalized spacial score (nSPS) is 11.5. The van der Waals surface area contributed by atoms with E-state index in [1.807, 2.05) is 48.5 Å². The zero-order valence-electron chi connectivity index (χ0n) is 15.4. The highest BCUT2D eigenvalue weighted by molar-refractivity contribution is 7.99. The number of hydrogen-bond donors (Lipinski definition) is 1. The third kappa shape index (κ3) is 3.85. The average Bonchev–Trinajstić information content (AvgIpc) is 2.71. The molecule has 2 amide bonds. The quantitative estimate of drug-likeness (QED) is 0.535. The molecular formula is C22H19N3O2S. The largest absolute Gasteiger partial charge is 0.350 e. The summed E-state index contributed by atoms with van der Waals surface area (Å²) in [6, 6.07) is 17.6. The van der Waals surface area contributed by atoms with E-state index in [1.54, 1.807) is 11.8 Å². The number of fused-ring (bicyclic) bond motifs is 2. The molecule has 0 unspecified atom stereocenters. The van der Waals surface area contributed by atoms with Gasteiger partial charge in [0.25, 0.3) is 5.91 Å². The van der Waals surface area contributed by atoms with Gasteiger partial charge in [-0.3, -0.25) is 9.59 Å². The Balaban J connectivity index is 1.96. The number of carbonyl (C=O) groups is 2. The minimum Gasteiger partial charge on any atom is -0.350 e. The summed E-state index contributed by atoms with van der Waals surface area (Å²) in [6.07, 6.45) is 1.42. The first-order chi connectivity index (χ1) is 13.6. The summed E-state index contributed by atoms with van der Waals surface area (Å²) in [6.45, 7) is 5.53. The van der Waals surface area contributed by atoms with Crippen LogP contribution < -0.4 is 5.32 Å². The van der Waals surface area contributed by atoms with Crippen molar-refractivity contribution in [2.75, 3.05) is 13.1 Å². The molecule has 0 saturated heterocycles. The lowest BCUT2D eigenvalue weighted by molar-refractivity contribution is -0.126. The van der Waals surface area contributed by atoms with Crippen molar-refractivity contribution in [3.8, 4) is 6.07 Å². The van der Waals surface area contributed by atoms with Gasteiger partial charge in [0.15, 0.2) is 0 Å². The van der Waals surface area contributed by atoms with Crippen molar-refractivity contribution in [3.63, 3.8) is 0 Å². The molecule has 6 heteroatoms. The lowest BCUT2D eigenvalue weighted by Gasteiger charge is -2.23. The van der Waals surface area contributed by atoms with Gasteiger partial charge in [0.05, 0.1) is 0 Å². The Hall–Kier alpha value is -3.30. The molecule has 3 rings (SSSR count). The molecule has 0 spiro atoms. The second kappa shape index (κ2) is 8.59. The maximum Gasteiger partial charge on any atom is 0.262 e. The fourth-order valence-electron chi connectivity index (χ4n) is 3.03. The van der Waals surface area contributed by atoms with Crippen LogP contribution in [-0.4, -0.2) is 29.8 Å². The van der Waals surface area contributed by atoms with Crippen molar-refractivity contribution in [1.82, 2.24) is 10.2 Å². The highest BCUT2D eigenvalue weighted by Gasteiger charge is 2.26. The number of hydrogen-bond acceptors (Lipinski definition) is 4. The first-order valence-electron chi connectivity index (χ1n) is 8.75. The number of carbonyl (C=O) groups excluding carboxylic acids is 2.